The van der Waals surface area contributed by atoms with Crippen LogP contribution in [0.25, 0.3) is 72.7 Å². The van der Waals surface area contributed by atoms with E-state index in [9.17, 15) is 0 Å². The summed E-state index contributed by atoms with van der Waals surface area (Å²) in [7, 11) is 0. The van der Waals surface area contributed by atoms with Crippen LogP contribution >= 0.6 is 0 Å². The average Bonchev–Trinajstić information content (AvgIpc) is 3.92. The van der Waals surface area contributed by atoms with Crippen molar-refractivity contribution in [1.82, 2.24) is 19.7 Å². The lowest BCUT2D eigenvalue weighted by Gasteiger charge is -2.15. The fourth-order valence-corrected chi connectivity index (χ4v) is 8.43. The summed E-state index contributed by atoms with van der Waals surface area (Å²) in [5.74, 6) is 0. The molecule has 4 heteroatoms. The Hall–Kier alpha value is -7.95. The largest absolute Gasteiger partial charge is 0.256 e. The number of rotatable bonds is 13. The maximum atomic E-state index is 5.05. The second-order valence-corrected chi connectivity index (χ2v) is 16.1. The number of pyridine rings is 2. The molecule has 3 heterocycles. The lowest BCUT2D eigenvalue weighted by molar-refractivity contribution is 0.876. The Bertz CT molecular complexity index is 3050. The highest BCUT2D eigenvalue weighted by Crippen LogP contribution is 2.35. The van der Waals surface area contributed by atoms with Gasteiger partial charge in [-0.2, -0.15) is 5.10 Å². The predicted octanol–water partition coefficient (Wildman–Crippen LogP) is 14.2. The molecular formula is C59H46N4. The van der Waals surface area contributed by atoms with Gasteiger partial charge in [-0.3, -0.25) is 9.97 Å². The maximum absolute atomic E-state index is 5.05. The van der Waals surface area contributed by atoms with E-state index in [1.54, 1.807) is 0 Å². The van der Waals surface area contributed by atoms with E-state index in [-0.39, 0.29) is 0 Å². The summed E-state index contributed by atoms with van der Waals surface area (Å²) in [4.78, 5) is 9.87. The van der Waals surface area contributed by atoms with Gasteiger partial charge in [0, 0.05) is 41.5 Å². The van der Waals surface area contributed by atoms with Crippen LogP contribution in [0.3, 0.4) is 0 Å². The van der Waals surface area contributed by atoms with Crippen LogP contribution in [0.5, 0.6) is 0 Å². The van der Waals surface area contributed by atoms with Crippen molar-refractivity contribution in [3.63, 3.8) is 0 Å². The van der Waals surface area contributed by atoms with E-state index in [0.29, 0.717) is 0 Å². The van der Waals surface area contributed by atoms with Gasteiger partial charge in [-0.25, -0.2) is 4.68 Å². The van der Waals surface area contributed by atoms with Gasteiger partial charge in [0.25, 0.3) is 0 Å². The van der Waals surface area contributed by atoms with Gasteiger partial charge in [-0.15, -0.1) is 0 Å². The second-order valence-electron chi connectivity index (χ2n) is 16.1. The summed E-state index contributed by atoms with van der Waals surface area (Å²) in [6.07, 6.45) is 11.6. The zero-order chi connectivity index (χ0) is 42.2. The molecule has 0 bridgehead atoms. The molecule has 0 amide bonds. The van der Waals surface area contributed by atoms with Crippen molar-refractivity contribution < 1.29 is 0 Å². The molecule has 0 spiro atoms. The SMILES string of the molecule is c1ccc(-c2ccc(-c3cccc(-c4ccc(-c5ccccc5-c5cc(CCc6ccc(-n7cccn7)cc6)cc(CCc6ccc(-c7ccccc7)nc6)c5)cn4)c3)cc2)cc1. The van der Waals surface area contributed by atoms with Gasteiger partial charge in [0.05, 0.1) is 17.1 Å². The second kappa shape index (κ2) is 18.3. The molecule has 0 atom stereocenters. The van der Waals surface area contributed by atoms with E-state index < -0.39 is 0 Å². The van der Waals surface area contributed by atoms with Crippen molar-refractivity contribution in [3.8, 4) is 72.7 Å². The minimum atomic E-state index is 0.910. The highest BCUT2D eigenvalue weighted by molar-refractivity contribution is 5.84. The highest BCUT2D eigenvalue weighted by Gasteiger charge is 2.13. The fraction of sp³-hybridized carbons (Fsp3) is 0.0678. The van der Waals surface area contributed by atoms with Crippen LogP contribution in [0, 0.1) is 0 Å². The molecule has 0 radical (unpaired) electrons. The van der Waals surface area contributed by atoms with Gasteiger partial charge in [0.15, 0.2) is 0 Å². The molecule has 10 aromatic rings. The van der Waals surface area contributed by atoms with Crippen molar-refractivity contribution >= 4 is 0 Å². The molecule has 0 saturated carbocycles. The minimum Gasteiger partial charge on any atom is -0.256 e. The summed E-state index contributed by atoms with van der Waals surface area (Å²) >= 11 is 0. The molecule has 0 fully saturated rings. The third-order valence-electron chi connectivity index (χ3n) is 11.9. The molecule has 4 nitrogen and oxygen atoms in total. The summed E-state index contributed by atoms with van der Waals surface area (Å²) in [6, 6.07) is 73.7. The number of hydrogen-bond acceptors (Lipinski definition) is 3. The number of aryl methyl sites for hydroxylation is 4. The van der Waals surface area contributed by atoms with E-state index >= 15 is 0 Å². The topological polar surface area (TPSA) is 43.6 Å². The molecule has 10 rings (SSSR count). The number of hydrogen-bond donors (Lipinski definition) is 0. The van der Waals surface area contributed by atoms with Crippen molar-refractivity contribution in [2.75, 3.05) is 0 Å². The molecule has 63 heavy (non-hydrogen) atoms. The summed E-state index contributed by atoms with van der Waals surface area (Å²) < 4.78 is 1.90. The van der Waals surface area contributed by atoms with Crippen LogP contribution in [0.1, 0.15) is 22.3 Å². The van der Waals surface area contributed by atoms with Gasteiger partial charge < -0.3 is 0 Å². The maximum Gasteiger partial charge on any atom is 0.0702 e. The van der Waals surface area contributed by atoms with Gasteiger partial charge in [-0.05, 0) is 123 Å². The molecule has 302 valence electrons. The van der Waals surface area contributed by atoms with Gasteiger partial charge in [0.2, 0.25) is 0 Å². The van der Waals surface area contributed by atoms with Crippen LogP contribution in [0.4, 0.5) is 0 Å². The Labute approximate surface area is 369 Å². The standard InChI is InChI=1S/C59H46N4/c1-3-11-47(12-4-1)48-26-28-49(29-27-48)51-15-9-16-52(40-51)59-34-30-53(42-61-59)56-17-7-8-18-57(56)54-38-45(21-19-43-23-31-55(32-24-43)63-36-10-35-62-63)37-46(39-54)22-20-44-25-33-58(60-41-44)50-13-5-2-6-14-50/h1-18,23-42H,19-22H2. The predicted molar refractivity (Wildman–Crippen MR) is 259 cm³/mol. The monoisotopic (exact) mass is 810 g/mol. The van der Waals surface area contributed by atoms with Crippen LogP contribution in [-0.2, 0) is 25.7 Å². The Morgan fingerprint density at radius 2 is 0.841 bits per heavy atom. The number of nitrogens with zero attached hydrogens (tertiary/aromatic N) is 4. The summed E-state index contributed by atoms with van der Waals surface area (Å²) in [5, 5.41) is 4.39. The Morgan fingerprint density at radius 3 is 1.49 bits per heavy atom. The molecule has 0 aliphatic rings. The number of benzene rings is 7. The quantitative estimate of drug-likeness (QED) is 0.116. The van der Waals surface area contributed by atoms with Crippen LogP contribution in [-0.4, -0.2) is 19.7 Å². The molecule has 0 saturated heterocycles. The first-order valence-electron chi connectivity index (χ1n) is 21.7. The van der Waals surface area contributed by atoms with E-state index in [0.717, 1.165) is 59.4 Å². The Kier molecular flexibility index (Phi) is 11.4. The molecular weight excluding hydrogens is 765 g/mol. The van der Waals surface area contributed by atoms with Gasteiger partial charge >= 0.3 is 0 Å². The van der Waals surface area contributed by atoms with E-state index in [1.807, 2.05) is 41.6 Å². The first-order valence-corrected chi connectivity index (χ1v) is 21.7. The van der Waals surface area contributed by atoms with Crippen LogP contribution in [0.15, 0.2) is 231 Å². The van der Waals surface area contributed by atoms with Gasteiger partial charge in [0.1, 0.15) is 0 Å². The first-order chi connectivity index (χ1) is 31.2. The lowest BCUT2D eigenvalue weighted by Crippen LogP contribution is -1.99. The van der Waals surface area contributed by atoms with Gasteiger partial charge in [-0.1, -0.05) is 170 Å². The van der Waals surface area contributed by atoms with Crippen LogP contribution in [0.2, 0.25) is 0 Å². The van der Waals surface area contributed by atoms with Crippen molar-refractivity contribution in [1.29, 1.82) is 0 Å². The van der Waals surface area contributed by atoms with Crippen LogP contribution < -0.4 is 0 Å². The average molecular weight is 811 g/mol. The molecule has 0 aliphatic carbocycles. The van der Waals surface area contributed by atoms with E-state index in [4.69, 9.17) is 9.97 Å². The zero-order valence-corrected chi connectivity index (χ0v) is 35.1. The third kappa shape index (κ3) is 9.22. The third-order valence-corrected chi connectivity index (χ3v) is 11.9. The summed E-state index contributed by atoms with van der Waals surface area (Å²) in [6.45, 7) is 0. The van der Waals surface area contributed by atoms with Crippen molar-refractivity contribution in [2.24, 2.45) is 0 Å². The smallest absolute Gasteiger partial charge is 0.0702 e. The van der Waals surface area contributed by atoms with E-state index in [1.165, 1.54) is 61.2 Å². The lowest BCUT2D eigenvalue weighted by atomic mass is 9.90. The molecule has 0 N–H and O–H groups in total. The molecule has 0 aliphatic heterocycles. The highest BCUT2D eigenvalue weighted by atomic mass is 15.3. The number of aromatic nitrogens is 4. The molecule has 3 aromatic heterocycles. The minimum absolute atomic E-state index is 0.910. The Balaban J connectivity index is 0.911. The first kappa shape index (κ1) is 39.2. The fourth-order valence-electron chi connectivity index (χ4n) is 8.43. The zero-order valence-electron chi connectivity index (χ0n) is 35.1. The summed E-state index contributed by atoms with van der Waals surface area (Å²) in [5.41, 5.74) is 19.9. The molecule has 0 unspecified atom stereocenters. The van der Waals surface area contributed by atoms with Crippen molar-refractivity contribution in [2.45, 2.75) is 25.7 Å². The van der Waals surface area contributed by atoms with Crippen molar-refractivity contribution in [3.05, 3.63) is 253 Å². The molecule has 7 aromatic carbocycles. The Morgan fingerprint density at radius 1 is 0.317 bits per heavy atom. The normalized spacial score (nSPS) is 11.1. The van der Waals surface area contributed by atoms with E-state index in [2.05, 4.69) is 199 Å².